The van der Waals surface area contributed by atoms with Gasteiger partial charge in [0.1, 0.15) is 5.76 Å². The van der Waals surface area contributed by atoms with E-state index in [0.717, 1.165) is 75.0 Å². The lowest BCUT2D eigenvalue weighted by molar-refractivity contribution is 0.258. The second-order valence-corrected chi connectivity index (χ2v) is 7.15. The molecule has 0 saturated carbocycles. The van der Waals surface area contributed by atoms with E-state index in [1.54, 1.807) is 0 Å². The van der Waals surface area contributed by atoms with Crippen LogP contribution in [0.5, 0.6) is 0 Å². The van der Waals surface area contributed by atoms with Gasteiger partial charge in [-0.15, -0.1) is 0 Å². The molecule has 0 atom stereocenters. The minimum Gasteiger partial charge on any atom is -0.361 e. The third-order valence-corrected chi connectivity index (χ3v) is 5.28. The number of nitrogens with zero attached hydrogens (tertiary/aromatic N) is 3. The van der Waals surface area contributed by atoms with Crippen LogP contribution in [0.1, 0.15) is 48.9 Å². The van der Waals surface area contributed by atoms with E-state index in [0.29, 0.717) is 6.54 Å². The van der Waals surface area contributed by atoms with Crippen molar-refractivity contribution in [2.45, 2.75) is 53.1 Å². The first-order valence-corrected chi connectivity index (χ1v) is 10.5. The van der Waals surface area contributed by atoms with Gasteiger partial charge in [-0.3, -0.25) is 4.90 Å². The number of fused-ring (bicyclic) bond motifs is 1. The molecule has 2 N–H and O–H groups in total. The van der Waals surface area contributed by atoms with E-state index in [-0.39, 0.29) is 0 Å². The Bertz CT molecular complexity index is 761. The zero-order valence-electron chi connectivity index (χ0n) is 17.4. The van der Waals surface area contributed by atoms with Crippen molar-refractivity contribution in [2.24, 2.45) is 4.99 Å². The summed E-state index contributed by atoms with van der Waals surface area (Å²) in [4.78, 5) is 7.27. The van der Waals surface area contributed by atoms with Gasteiger partial charge < -0.3 is 15.2 Å². The van der Waals surface area contributed by atoms with Gasteiger partial charge in [0, 0.05) is 44.7 Å². The Morgan fingerprint density at radius 2 is 1.96 bits per heavy atom. The normalized spacial score (nSPS) is 14.8. The lowest BCUT2D eigenvalue weighted by Gasteiger charge is -2.28. The zero-order valence-corrected chi connectivity index (χ0v) is 17.4. The Balaban J connectivity index is 1.54. The summed E-state index contributed by atoms with van der Waals surface area (Å²) in [6.07, 6.45) is 2.85. The molecule has 0 saturated heterocycles. The molecule has 0 bridgehead atoms. The molecule has 0 fully saturated rings. The Morgan fingerprint density at radius 3 is 2.71 bits per heavy atom. The molecule has 6 heteroatoms. The first-order chi connectivity index (χ1) is 13.7. The van der Waals surface area contributed by atoms with Crippen LogP contribution in [0.15, 0.2) is 33.8 Å². The number of benzene rings is 1. The molecule has 0 radical (unpaired) electrons. The molecule has 3 rings (SSSR count). The molecule has 152 valence electrons. The van der Waals surface area contributed by atoms with Crippen molar-refractivity contribution in [3.05, 3.63) is 52.4 Å². The summed E-state index contributed by atoms with van der Waals surface area (Å²) in [5.41, 5.74) is 5.10. The molecule has 1 aromatic heterocycles. The fraction of sp³-hybridized carbons (Fsp3) is 0.545. The molecule has 2 aromatic rings. The third kappa shape index (κ3) is 5.13. The fourth-order valence-corrected chi connectivity index (χ4v) is 3.69. The average Bonchev–Trinajstić information content (AvgIpc) is 3.14. The summed E-state index contributed by atoms with van der Waals surface area (Å²) in [5, 5.41) is 11.0. The van der Waals surface area contributed by atoms with Crippen LogP contribution in [0.2, 0.25) is 0 Å². The molecular formula is C22H33N5O. The summed E-state index contributed by atoms with van der Waals surface area (Å²) in [5.74, 6) is 1.80. The van der Waals surface area contributed by atoms with E-state index in [1.165, 1.54) is 11.1 Å². The Morgan fingerprint density at radius 1 is 1.14 bits per heavy atom. The van der Waals surface area contributed by atoms with Crippen molar-refractivity contribution in [2.75, 3.05) is 26.2 Å². The number of nitrogens with one attached hydrogen (secondary N) is 2. The van der Waals surface area contributed by atoms with E-state index in [1.807, 2.05) is 0 Å². The first kappa shape index (κ1) is 20.4. The van der Waals surface area contributed by atoms with Gasteiger partial charge in [0.15, 0.2) is 5.96 Å². The first-order valence-electron chi connectivity index (χ1n) is 10.5. The van der Waals surface area contributed by atoms with Crippen LogP contribution in [-0.2, 0) is 32.4 Å². The molecule has 6 nitrogen and oxygen atoms in total. The van der Waals surface area contributed by atoms with Gasteiger partial charge in [0.05, 0.1) is 12.2 Å². The second kappa shape index (κ2) is 10.3. The molecule has 0 spiro atoms. The predicted octanol–water partition coefficient (Wildman–Crippen LogP) is 2.91. The van der Waals surface area contributed by atoms with Crippen molar-refractivity contribution in [1.82, 2.24) is 20.7 Å². The van der Waals surface area contributed by atoms with Gasteiger partial charge in [0.2, 0.25) is 0 Å². The third-order valence-electron chi connectivity index (χ3n) is 5.28. The number of aryl methyl sites for hydroxylation is 2. The van der Waals surface area contributed by atoms with Crippen molar-refractivity contribution in [3.63, 3.8) is 0 Å². The van der Waals surface area contributed by atoms with Gasteiger partial charge in [-0.1, -0.05) is 43.3 Å². The Kier molecular flexibility index (Phi) is 7.48. The minimum atomic E-state index is 0.599. The maximum absolute atomic E-state index is 5.45. The highest BCUT2D eigenvalue weighted by molar-refractivity contribution is 5.79. The molecule has 0 amide bonds. The molecule has 1 aliphatic rings. The van der Waals surface area contributed by atoms with Crippen LogP contribution in [0.25, 0.3) is 0 Å². The molecule has 0 aliphatic carbocycles. The van der Waals surface area contributed by atoms with Crippen molar-refractivity contribution in [1.29, 1.82) is 0 Å². The average molecular weight is 384 g/mol. The second-order valence-electron chi connectivity index (χ2n) is 7.15. The number of hydrogen-bond acceptors (Lipinski definition) is 4. The molecule has 1 aliphatic heterocycles. The van der Waals surface area contributed by atoms with E-state index < -0.39 is 0 Å². The standard InChI is InChI=1S/C22H33N5O/c1-4-20-19(21(5-2)28-26-20)15-25-22(23-6-3)24-12-14-27-13-11-17-9-7-8-10-18(17)16-27/h7-10H,4-6,11-16H2,1-3H3,(H2,23,24,25). The van der Waals surface area contributed by atoms with Crippen molar-refractivity contribution in [3.8, 4) is 0 Å². The maximum atomic E-state index is 5.45. The number of guanidine groups is 1. The van der Waals surface area contributed by atoms with E-state index in [2.05, 4.69) is 65.7 Å². The van der Waals surface area contributed by atoms with Crippen molar-refractivity contribution < 1.29 is 4.52 Å². The number of hydrogen-bond donors (Lipinski definition) is 2. The molecule has 28 heavy (non-hydrogen) atoms. The van der Waals surface area contributed by atoms with Crippen LogP contribution < -0.4 is 10.6 Å². The van der Waals surface area contributed by atoms with E-state index in [9.17, 15) is 0 Å². The van der Waals surface area contributed by atoms with Gasteiger partial charge in [0.25, 0.3) is 0 Å². The Labute approximate surface area is 168 Å². The van der Waals surface area contributed by atoms with Gasteiger partial charge in [-0.25, -0.2) is 4.99 Å². The van der Waals surface area contributed by atoms with E-state index in [4.69, 9.17) is 9.52 Å². The van der Waals surface area contributed by atoms with Gasteiger partial charge >= 0.3 is 0 Å². The molecular weight excluding hydrogens is 350 g/mol. The fourth-order valence-electron chi connectivity index (χ4n) is 3.69. The molecule has 0 unspecified atom stereocenters. The van der Waals surface area contributed by atoms with Crippen LogP contribution in [0.3, 0.4) is 0 Å². The largest absolute Gasteiger partial charge is 0.361 e. The summed E-state index contributed by atoms with van der Waals surface area (Å²) >= 11 is 0. The highest BCUT2D eigenvalue weighted by atomic mass is 16.5. The monoisotopic (exact) mass is 383 g/mol. The smallest absolute Gasteiger partial charge is 0.191 e. The Hall–Kier alpha value is -2.34. The summed E-state index contributed by atoms with van der Waals surface area (Å²) < 4.78 is 5.45. The quantitative estimate of drug-likeness (QED) is 0.542. The predicted molar refractivity (Wildman–Crippen MR) is 114 cm³/mol. The lowest BCUT2D eigenvalue weighted by atomic mass is 10.00. The SMILES string of the molecule is CCNC(=NCc1c(CC)noc1CC)NCCN1CCc2ccccc2C1. The van der Waals surface area contributed by atoms with Crippen LogP contribution in [0, 0.1) is 0 Å². The van der Waals surface area contributed by atoms with Crippen molar-refractivity contribution >= 4 is 5.96 Å². The van der Waals surface area contributed by atoms with Gasteiger partial charge in [-0.2, -0.15) is 0 Å². The highest BCUT2D eigenvalue weighted by Crippen LogP contribution is 2.18. The van der Waals surface area contributed by atoms with Gasteiger partial charge in [-0.05, 0) is 30.9 Å². The minimum absolute atomic E-state index is 0.599. The lowest BCUT2D eigenvalue weighted by Crippen LogP contribution is -2.42. The zero-order chi connectivity index (χ0) is 19.8. The highest BCUT2D eigenvalue weighted by Gasteiger charge is 2.15. The number of aromatic nitrogens is 1. The topological polar surface area (TPSA) is 65.7 Å². The van der Waals surface area contributed by atoms with Crippen LogP contribution in [0.4, 0.5) is 0 Å². The summed E-state index contributed by atoms with van der Waals surface area (Å²) in [6.45, 7) is 11.8. The summed E-state index contributed by atoms with van der Waals surface area (Å²) in [6, 6.07) is 8.77. The number of rotatable bonds is 8. The number of aliphatic imine (C=N–C) groups is 1. The molecule has 2 heterocycles. The van der Waals surface area contributed by atoms with Crippen LogP contribution in [-0.4, -0.2) is 42.2 Å². The summed E-state index contributed by atoms with van der Waals surface area (Å²) in [7, 11) is 0. The van der Waals surface area contributed by atoms with E-state index >= 15 is 0 Å². The van der Waals surface area contributed by atoms with Crippen LogP contribution >= 0.6 is 0 Å². The maximum Gasteiger partial charge on any atom is 0.191 e. The molecule has 1 aromatic carbocycles.